The first-order valence-electron chi connectivity index (χ1n) is 11.7. The van der Waals surface area contributed by atoms with E-state index in [1.165, 1.54) is 17.2 Å². The molecule has 8 heteroatoms. The largest absolute Gasteiger partial charge is 0.497 e. The van der Waals surface area contributed by atoms with E-state index >= 15 is 0 Å². The van der Waals surface area contributed by atoms with Gasteiger partial charge in [-0.2, -0.15) is 5.10 Å². The molecule has 35 heavy (non-hydrogen) atoms. The van der Waals surface area contributed by atoms with Crippen LogP contribution in [0.5, 0.6) is 5.75 Å². The topological polar surface area (TPSA) is 42.7 Å². The van der Waals surface area contributed by atoms with Crippen LogP contribution in [0.4, 0.5) is 10.2 Å². The molecule has 2 aliphatic rings. The van der Waals surface area contributed by atoms with Crippen molar-refractivity contribution in [3.05, 3.63) is 76.3 Å². The van der Waals surface area contributed by atoms with Crippen LogP contribution in [-0.4, -0.2) is 34.8 Å². The first kappa shape index (κ1) is 23.9. The van der Waals surface area contributed by atoms with Gasteiger partial charge >= 0.3 is 0 Å². The lowest BCUT2D eigenvalue weighted by atomic mass is 9.76. The van der Waals surface area contributed by atoms with Gasteiger partial charge in [-0.3, -0.25) is 0 Å². The predicted molar refractivity (Wildman–Crippen MR) is 140 cm³/mol. The lowest BCUT2D eigenvalue weighted by Crippen LogP contribution is -2.41. The molecule has 4 aromatic rings. The Morgan fingerprint density at radius 1 is 1.06 bits per heavy atom. The maximum Gasteiger partial charge on any atom is 0.155 e. The molecule has 5 nitrogen and oxygen atoms in total. The van der Waals surface area contributed by atoms with Crippen molar-refractivity contribution in [3.63, 3.8) is 0 Å². The Balaban J connectivity index is 0.00000253. The predicted octanol–water partition coefficient (Wildman–Crippen LogP) is 6.31. The van der Waals surface area contributed by atoms with Crippen LogP contribution in [0.1, 0.15) is 29.7 Å². The monoisotopic (exact) mass is 512 g/mol. The van der Waals surface area contributed by atoms with Crippen LogP contribution in [0, 0.1) is 18.2 Å². The highest BCUT2D eigenvalue weighted by Crippen LogP contribution is 2.46. The number of hydrogen-bond donors (Lipinski definition) is 0. The van der Waals surface area contributed by atoms with Crippen LogP contribution >= 0.6 is 24.0 Å². The third kappa shape index (κ3) is 3.93. The normalized spacial score (nSPS) is 16.4. The molecule has 0 atom stereocenters. The summed E-state index contributed by atoms with van der Waals surface area (Å²) in [6, 6.07) is 13.3. The number of fused-ring (bicyclic) bond motifs is 2. The number of rotatable bonds is 3. The summed E-state index contributed by atoms with van der Waals surface area (Å²) in [6.07, 6.45) is 6.23. The van der Waals surface area contributed by atoms with Gasteiger partial charge in [0.15, 0.2) is 5.82 Å². The molecule has 6 rings (SSSR count). The third-order valence-electron chi connectivity index (χ3n) is 7.57. The molecule has 1 fully saturated rings. The van der Waals surface area contributed by atoms with Gasteiger partial charge in [-0.1, -0.05) is 29.8 Å². The minimum atomic E-state index is -0.445. The molecule has 2 aromatic carbocycles. The summed E-state index contributed by atoms with van der Waals surface area (Å²) in [4.78, 5) is 7.36. The number of aryl methyl sites for hydroxylation is 1. The zero-order chi connectivity index (χ0) is 23.4. The zero-order valence-corrected chi connectivity index (χ0v) is 21.3. The standard InChI is InChI=1S/C27H26ClFN4O.ClH/c1-17-25(21-4-3-5-22(29)24(21)28)33-23(8-11-30-33)26(31-17)32-12-9-27(10-13-32)15-18-6-7-20(34-2)14-19(18)16-27;/h3-8,11,14H,9-10,12-13,15-16H2,1-2H3;1H. The minimum absolute atomic E-state index is 0. The molecule has 1 saturated heterocycles. The first-order chi connectivity index (χ1) is 16.5. The Kier molecular flexibility index (Phi) is 6.14. The van der Waals surface area contributed by atoms with E-state index in [-0.39, 0.29) is 17.4 Å². The SMILES string of the molecule is COc1ccc2c(c1)CC1(CCN(c3nc(C)c(-c4cccc(F)c4Cl)n4nccc34)CC1)C2.Cl. The average molecular weight is 513 g/mol. The summed E-state index contributed by atoms with van der Waals surface area (Å²) in [5, 5.41) is 4.65. The Bertz CT molecular complexity index is 1410. The van der Waals surface area contributed by atoms with E-state index in [1.807, 2.05) is 23.6 Å². The van der Waals surface area contributed by atoms with Crippen molar-refractivity contribution in [2.75, 3.05) is 25.1 Å². The molecule has 0 saturated carbocycles. The maximum absolute atomic E-state index is 14.2. The quantitative estimate of drug-likeness (QED) is 0.322. The van der Waals surface area contributed by atoms with E-state index in [0.717, 1.165) is 67.2 Å². The second-order valence-electron chi connectivity index (χ2n) is 9.57. The molecule has 0 bridgehead atoms. The summed E-state index contributed by atoms with van der Waals surface area (Å²) in [5.41, 5.74) is 6.21. The molecule has 1 aliphatic heterocycles. The Morgan fingerprint density at radius 3 is 2.60 bits per heavy atom. The Morgan fingerprint density at radius 2 is 1.83 bits per heavy atom. The van der Waals surface area contributed by atoms with E-state index in [9.17, 15) is 4.39 Å². The highest BCUT2D eigenvalue weighted by molar-refractivity contribution is 6.33. The number of nitrogens with zero attached hydrogens (tertiary/aromatic N) is 4. The third-order valence-corrected chi connectivity index (χ3v) is 7.96. The fraction of sp³-hybridized carbons (Fsp3) is 0.333. The number of benzene rings is 2. The van der Waals surface area contributed by atoms with Crippen LogP contribution in [0.3, 0.4) is 0 Å². The molecule has 3 heterocycles. The number of aromatic nitrogens is 3. The van der Waals surface area contributed by atoms with Crippen molar-refractivity contribution in [1.82, 2.24) is 14.6 Å². The molecule has 0 amide bonds. The van der Waals surface area contributed by atoms with Crippen molar-refractivity contribution < 1.29 is 9.13 Å². The van der Waals surface area contributed by atoms with E-state index in [1.54, 1.807) is 19.4 Å². The van der Waals surface area contributed by atoms with Gasteiger partial charge in [0.2, 0.25) is 0 Å². The number of hydrogen-bond acceptors (Lipinski definition) is 4. The molecule has 1 aliphatic carbocycles. The Labute approximate surface area is 215 Å². The molecule has 0 N–H and O–H groups in total. The summed E-state index contributed by atoms with van der Waals surface area (Å²) < 4.78 is 21.5. The van der Waals surface area contributed by atoms with Crippen molar-refractivity contribution in [1.29, 1.82) is 0 Å². The highest BCUT2D eigenvalue weighted by atomic mass is 35.5. The summed E-state index contributed by atoms with van der Waals surface area (Å²) in [5.74, 6) is 1.42. The fourth-order valence-electron chi connectivity index (χ4n) is 5.78. The van der Waals surface area contributed by atoms with Crippen LogP contribution in [0.2, 0.25) is 5.02 Å². The number of methoxy groups -OCH3 is 1. The number of piperidine rings is 1. The van der Waals surface area contributed by atoms with E-state index in [0.29, 0.717) is 11.0 Å². The van der Waals surface area contributed by atoms with E-state index in [2.05, 4.69) is 28.2 Å². The van der Waals surface area contributed by atoms with Crippen LogP contribution in [0.25, 0.3) is 16.8 Å². The molecule has 0 unspecified atom stereocenters. The van der Waals surface area contributed by atoms with Gasteiger partial charge in [0.05, 0.1) is 29.7 Å². The molecule has 2 aromatic heterocycles. The second kappa shape index (κ2) is 8.99. The van der Waals surface area contributed by atoms with E-state index < -0.39 is 5.82 Å². The lowest BCUT2D eigenvalue weighted by Gasteiger charge is -2.40. The van der Waals surface area contributed by atoms with Gasteiger partial charge < -0.3 is 9.64 Å². The average Bonchev–Trinajstić information content (AvgIpc) is 3.45. The Hall–Kier alpha value is -2.83. The minimum Gasteiger partial charge on any atom is -0.497 e. The van der Waals surface area contributed by atoms with Crippen LogP contribution in [-0.2, 0) is 12.8 Å². The van der Waals surface area contributed by atoms with Crippen molar-refractivity contribution in [3.8, 4) is 17.0 Å². The van der Waals surface area contributed by atoms with Gasteiger partial charge in [0.1, 0.15) is 17.1 Å². The van der Waals surface area contributed by atoms with Crippen LogP contribution in [0.15, 0.2) is 48.7 Å². The summed E-state index contributed by atoms with van der Waals surface area (Å²) in [6.45, 7) is 3.82. The summed E-state index contributed by atoms with van der Waals surface area (Å²) >= 11 is 6.32. The molecule has 0 radical (unpaired) electrons. The molecular weight excluding hydrogens is 486 g/mol. The van der Waals surface area contributed by atoms with Crippen molar-refractivity contribution in [2.45, 2.75) is 32.6 Å². The molecule has 182 valence electrons. The van der Waals surface area contributed by atoms with Crippen molar-refractivity contribution >= 4 is 35.3 Å². The number of ether oxygens (including phenoxy) is 1. The molecular formula is C27H27Cl2FN4O. The number of halogens is 3. The summed E-state index contributed by atoms with van der Waals surface area (Å²) in [7, 11) is 1.73. The molecule has 1 spiro atoms. The van der Waals surface area contributed by atoms with Gasteiger partial charge in [-0.25, -0.2) is 13.9 Å². The van der Waals surface area contributed by atoms with Gasteiger partial charge in [-0.15, -0.1) is 12.4 Å². The second-order valence-corrected chi connectivity index (χ2v) is 9.95. The maximum atomic E-state index is 14.2. The van der Waals surface area contributed by atoms with Gasteiger partial charge in [0, 0.05) is 18.7 Å². The van der Waals surface area contributed by atoms with E-state index in [4.69, 9.17) is 21.3 Å². The fourth-order valence-corrected chi connectivity index (χ4v) is 6.00. The zero-order valence-electron chi connectivity index (χ0n) is 19.7. The first-order valence-corrected chi connectivity index (χ1v) is 12.1. The smallest absolute Gasteiger partial charge is 0.155 e. The van der Waals surface area contributed by atoms with Crippen molar-refractivity contribution in [2.24, 2.45) is 5.41 Å². The van der Waals surface area contributed by atoms with Gasteiger partial charge in [-0.05, 0) is 73.4 Å². The lowest BCUT2D eigenvalue weighted by molar-refractivity contribution is 0.232. The number of anilines is 1. The van der Waals surface area contributed by atoms with Gasteiger partial charge in [0.25, 0.3) is 0 Å². The highest BCUT2D eigenvalue weighted by Gasteiger charge is 2.40. The van der Waals surface area contributed by atoms with Crippen LogP contribution < -0.4 is 9.64 Å².